The molecular weight excluding hydrogens is 248 g/mol. The topological polar surface area (TPSA) is 32.3 Å². The summed E-state index contributed by atoms with van der Waals surface area (Å²) in [7, 11) is 0. The largest absolute Gasteiger partial charge is 0.356 e. The van der Waals surface area contributed by atoms with Gasteiger partial charge < -0.3 is 9.80 Å². The van der Waals surface area contributed by atoms with Gasteiger partial charge in [0.05, 0.1) is 0 Å². The van der Waals surface area contributed by atoms with E-state index in [4.69, 9.17) is 0 Å². The lowest BCUT2D eigenvalue weighted by Gasteiger charge is -2.21. The Kier molecular flexibility index (Phi) is 4.08. The molecule has 4 heteroatoms. The summed E-state index contributed by atoms with van der Waals surface area (Å²) in [5.74, 6) is 3.91. The average Bonchev–Trinajstić information content (AvgIpc) is 3.16. The number of aromatic nitrogens is 2. The van der Waals surface area contributed by atoms with Crippen molar-refractivity contribution in [2.75, 3.05) is 36.0 Å². The van der Waals surface area contributed by atoms with Crippen LogP contribution in [0.4, 0.5) is 11.6 Å². The van der Waals surface area contributed by atoms with Gasteiger partial charge in [0.2, 0.25) is 0 Å². The summed E-state index contributed by atoms with van der Waals surface area (Å²) >= 11 is 0. The molecule has 0 N–H and O–H groups in total. The summed E-state index contributed by atoms with van der Waals surface area (Å²) in [5, 5.41) is 0. The van der Waals surface area contributed by atoms with E-state index in [9.17, 15) is 0 Å². The summed E-state index contributed by atoms with van der Waals surface area (Å²) in [4.78, 5) is 13.8. The zero-order valence-electron chi connectivity index (χ0n) is 12.8. The lowest BCUT2D eigenvalue weighted by atomic mass is 10.1. The Balaban J connectivity index is 1.70. The van der Waals surface area contributed by atoms with E-state index in [0.29, 0.717) is 0 Å². The fraction of sp³-hybridized carbons (Fsp3) is 0.750. The van der Waals surface area contributed by atoms with Crippen molar-refractivity contribution >= 4 is 11.6 Å². The van der Waals surface area contributed by atoms with Crippen LogP contribution in [0.2, 0.25) is 0 Å². The molecule has 2 saturated heterocycles. The van der Waals surface area contributed by atoms with Gasteiger partial charge in [0.25, 0.3) is 0 Å². The molecule has 2 unspecified atom stereocenters. The number of anilines is 2. The van der Waals surface area contributed by atoms with E-state index in [2.05, 4.69) is 39.7 Å². The lowest BCUT2D eigenvalue weighted by Crippen LogP contribution is -2.24. The van der Waals surface area contributed by atoms with Crippen molar-refractivity contribution < 1.29 is 0 Å². The minimum atomic E-state index is 0.838. The molecule has 2 aliphatic rings. The highest BCUT2D eigenvalue weighted by atomic mass is 15.2. The van der Waals surface area contributed by atoms with E-state index in [1.807, 2.05) is 0 Å². The van der Waals surface area contributed by atoms with Crippen molar-refractivity contribution in [3.05, 3.63) is 12.4 Å². The van der Waals surface area contributed by atoms with Crippen molar-refractivity contribution in [2.45, 2.75) is 39.5 Å². The minimum Gasteiger partial charge on any atom is -0.356 e. The molecule has 1 aromatic rings. The van der Waals surface area contributed by atoms with Crippen LogP contribution < -0.4 is 9.80 Å². The zero-order valence-corrected chi connectivity index (χ0v) is 12.8. The third-order valence-electron chi connectivity index (χ3n) is 5.01. The predicted octanol–water partition coefficient (Wildman–Crippen LogP) is 2.95. The molecule has 3 heterocycles. The van der Waals surface area contributed by atoms with Crippen LogP contribution >= 0.6 is 0 Å². The van der Waals surface area contributed by atoms with Crippen molar-refractivity contribution in [1.29, 1.82) is 0 Å². The molecule has 0 radical (unpaired) electrons. The van der Waals surface area contributed by atoms with Crippen LogP contribution in [0, 0.1) is 11.8 Å². The van der Waals surface area contributed by atoms with Crippen LogP contribution in [0.25, 0.3) is 0 Å². The zero-order chi connectivity index (χ0) is 13.9. The van der Waals surface area contributed by atoms with Gasteiger partial charge in [0.1, 0.15) is 18.0 Å². The van der Waals surface area contributed by atoms with E-state index < -0.39 is 0 Å². The summed E-state index contributed by atoms with van der Waals surface area (Å²) in [6.45, 7) is 9.18. The standard InChI is InChI=1S/C16H26N4/c1-3-13-5-7-19(10-13)15-9-16(18-12-17-15)20-8-6-14(4-2)11-20/h9,12-14H,3-8,10-11H2,1-2H3. The van der Waals surface area contributed by atoms with E-state index in [-0.39, 0.29) is 0 Å². The fourth-order valence-corrected chi connectivity index (χ4v) is 3.43. The summed E-state index contributed by atoms with van der Waals surface area (Å²) in [6, 6.07) is 2.19. The molecule has 3 rings (SSSR count). The molecular formula is C16H26N4. The van der Waals surface area contributed by atoms with Gasteiger partial charge in [-0.1, -0.05) is 26.7 Å². The van der Waals surface area contributed by atoms with Crippen LogP contribution in [0.15, 0.2) is 12.4 Å². The molecule has 110 valence electrons. The number of nitrogens with zero attached hydrogens (tertiary/aromatic N) is 4. The third-order valence-corrected chi connectivity index (χ3v) is 5.01. The Bertz CT molecular complexity index is 411. The molecule has 2 fully saturated rings. The summed E-state index contributed by atoms with van der Waals surface area (Å²) in [6.07, 6.45) is 6.90. The Hall–Kier alpha value is -1.32. The van der Waals surface area contributed by atoms with Crippen LogP contribution in [0.3, 0.4) is 0 Å². The normalized spacial score (nSPS) is 26.5. The van der Waals surface area contributed by atoms with Gasteiger partial charge in [-0.05, 0) is 24.7 Å². The predicted molar refractivity (Wildman–Crippen MR) is 83.3 cm³/mol. The molecule has 0 spiro atoms. The lowest BCUT2D eigenvalue weighted by molar-refractivity contribution is 0.568. The maximum absolute atomic E-state index is 4.49. The second-order valence-corrected chi connectivity index (χ2v) is 6.25. The van der Waals surface area contributed by atoms with E-state index >= 15 is 0 Å². The van der Waals surface area contributed by atoms with Crippen LogP contribution in [0.1, 0.15) is 39.5 Å². The second-order valence-electron chi connectivity index (χ2n) is 6.25. The molecule has 0 amide bonds. The van der Waals surface area contributed by atoms with Gasteiger partial charge in [-0.25, -0.2) is 9.97 Å². The van der Waals surface area contributed by atoms with Crippen LogP contribution in [-0.4, -0.2) is 36.1 Å². The minimum absolute atomic E-state index is 0.838. The summed E-state index contributed by atoms with van der Waals surface area (Å²) < 4.78 is 0. The van der Waals surface area contributed by atoms with Gasteiger partial charge in [-0.3, -0.25) is 0 Å². The van der Waals surface area contributed by atoms with Gasteiger partial charge in [-0.15, -0.1) is 0 Å². The highest BCUT2D eigenvalue weighted by molar-refractivity contribution is 5.51. The molecule has 20 heavy (non-hydrogen) atoms. The van der Waals surface area contributed by atoms with Gasteiger partial charge >= 0.3 is 0 Å². The van der Waals surface area contributed by atoms with Crippen LogP contribution in [0.5, 0.6) is 0 Å². The van der Waals surface area contributed by atoms with E-state index in [1.165, 1.54) is 25.7 Å². The Morgan fingerprint density at radius 1 is 0.950 bits per heavy atom. The first-order valence-corrected chi connectivity index (χ1v) is 8.12. The van der Waals surface area contributed by atoms with Crippen LogP contribution in [-0.2, 0) is 0 Å². The molecule has 2 atom stereocenters. The van der Waals surface area contributed by atoms with Crippen molar-refractivity contribution in [3.63, 3.8) is 0 Å². The van der Waals surface area contributed by atoms with Gasteiger partial charge in [-0.2, -0.15) is 0 Å². The molecule has 4 nitrogen and oxygen atoms in total. The first-order valence-electron chi connectivity index (χ1n) is 8.12. The number of hydrogen-bond donors (Lipinski definition) is 0. The van der Waals surface area contributed by atoms with Gasteiger partial charge in [0, 0.05) is 32.2 Å². The summed E-state index contributed by atoms with van der Waals surface area (Å²) in [5.41, 5.74) is 0. The maximum Gasteiger partial charge on any atom is 0.134 e. The SMILES string of the molecule is CCC1CCN(c2cc(N3CCC(CC)C3)ncn2)C1. The molecule has 0 aliphatic carbocycles. The van der Waals surface area contributed by atoms with Crippen molar-refractivity contribution in [2.24, 2.45) is 11.8 Å². The highest BCUT2D eigenvalue weighted by Crippen LogP contribution is 2.28. The molecule has 0 bridgehead atoms. The monoisotopic (exact) mass is 274 g/mol. The Morgan fingerprint density at radius 3 is 1.85 bits per heavy atom. The quantitative estimate of drug-likeness (QED) is 0.845. The first kappa shape index (κ1) is 13.7. The van der Waals surface area contributed by atoms with Gasteiger partial charge in [0.15, 0.2) is 0 Å². The third kappa shape index (κ3) is 2.74. The smallest absolute Gasteiger partial charge is 0.134 e. The molecule has 0 saturated carbocycles. The molecule has 2 aliphatic heterocycles. The van der Waals surface area contributed by atoms with E-state index in [0.717, 1.165) is 49.7 Å². The fourth-order valence-electron chi connectivity index (χ4n) is 3.43. The number of hydrogen-bond acceptors (Lipinski definition) is 4. The second kappa shape index (κ2) is 5.98. The van der Waals surface area contributed by atoms with Crippen molar-refractivity contribution in [3.8, 4) is 0 Å². The van der Waals surface area contributed by atoms with Crippen molar-refractivity contribution in [1.82, 2.24) is 9.97 Å². The average molecular weight is 274 g/mol. The molecule has 1 aromatic heterocycles. The Labute approximate surface area is 122 Å². The number of rotatable bonds is 4. The maximum atomic E-state index is 4.49. The highest BCUT2D eigenvalue weighted by Gasteiger charge is 2.25. The Morgan fingerprint density at radius 2 is 1.45 bits per heavy atom. The van der Waals surface area contributed by atoms with E-state index in [1.54, 1.807) is 6.33 Å². The molecule has 0 aromatic carbocycles. The first-order chi connectivity index (χ1) is 9.80.